The predicted octanol–water partition coefficient (Wildman–Crippen LogP) is 11.0. The van der Waals surface area contributed by atoms with Crippen molar-refractivity contribution in [3.63, 3.8) is 0 Å². The number of furan rings is 1. The Morgan fingerprint density at radius 3 is 2.39 bits per heavy atom. The number of aromatic nitrogens is 2. The van der Waals surface area contributed by atoms with Crippen molar-refractivity contribution in [2.45, 2.75) is 82.0 Å². The second kappa shape index (κ2) is 8.82. The molecule has 276 valence electrons. The SMILES string of the molecule is Cc1cc(-c2cc(C34CC5CC6CC(C3)C65C4)cc3c2[nH]c2ccc(C45CC6CC7CC6(C4)C7C5)cc23)c2c(c1)-n1c3c(cccc3c3oc4ccccc4c31)B2. The molecule has 9 aliphatic carbocycles. The Balaban J connectivity index is 0.936. The molecule has 4 heteroatoms. The summed E-state index contributed by atoms with van der Waals surface area (Å²) >= 11 is 0. The van der Waals surface area contributed by atoms with Gasteiger partial charge in [-0.3, -0.25) is 0 Å². The number of hydrogen-bond donors (Lipinski definition) is 1. The Morgan fingerprint density at radius 1 is 0.684 bits per heavy atom. The zero-order valence-corrected chi connectivity index (χ0v) is 32.7. The fraction of sp³-hybridized carbons (Fsp3) is 0.396. The highest BCUT2D eigenvalue weighted by Crippen LogP contribution is 2.85. The van der Waals surface area contributed by atoms with Crippen LogP contribution in [0.3, 0.4) is 0 Å². The summed E-state index contributed by atoms with van der Waals surface area (Å²) < 4.78 is 9.26. The van der Waals surface area contributed by atoms with Crippen LogP contribution in [0.2, 0.25) is 0 Å². The Bertz CT molecular complexity index is 3250. The molecule has 10 aliphatic rings. The van der Waals surface area contributed by atoms with Gasteiger partial charge >= 0.3 is 0 Å². The molecular formula is C53H45BN2O. The molecule has 3 nitrogen and oxygen atoms in total. The fourth-order valence-electron chi connectivity index (χ4n) is 18.3. The number of nitrogens with zero attached hydrogens (tertiary/aromatic N) is 1. The summed E-state index contributed by atoms with van der Waals surface area (Å²) in [7, 11) is 0.927. The van der Waals surface area contributed by atoms with Gasteiger partial charge in [0.2, 0.25) is 0 Å². The topological polar surface area (TPSA) is 33.9 Å². The van der Waals surface area contributed by atoms with Gasteiger partial charge in [0, 0.05) is 38.3 Å². The van der Waals surface area contributed by atoms with E-state index in [0.717, 1.165) is 54.0 Å². The summed E-state index contributed by atoms with van der Waals surface area (Å²) in [6.45, 7) is 2.32. The molecule has 0 amide bonds. The summed E-state index contributed by atoms with van der Waals surface area (Å²) in [5.41, 5.74) is 21.0. The van der Waals surface area contributed by atoms with Crippen LogP contribution in [-0.4, -0.2) is 16.8 Å². The van der Waals surface area contributed by atoms with E-state index in [1.165, 1.54) is 135 Å². The molecule has 1 N–H and O–H groups in total. The second-order valence-corrected chi connectivity index (χ2v) is 21.9. The third-order valence-electron chi connectivity index (χ3n) is 20.2. The van der Waals surface area contributed by atoms with Crippen LogP contribution in [0, 0.1) is 53.3 Å². The largest absolute Gasteiger partial charge is 0.454 e. The normalized spacial score (nSPS) is 37.6. The zero-order chi connectivity index (χ0) is 36.5. The molecule has 5 aromatic carbocycles. The standard InChI is InChI=1S/C53H45BN2O/c1-26-11-37(45-43(12-26)56-47-35(6-4-7-41(47)54-45)49-48(56)34-5-2-3-8-44(34)57-49)39-18-29(50-21-32-14-30-15-33(22-50)53(30,32)25-50)17-38-36-16-28(9-10-42(36)55-46(38)39)51-20-31-13-27-19-52(31,24-51)40(27)23-51/h2-12,16-18,27,30-33,40,54-55H,13-15,19-25H2,1H3. The van der Waals surface area contributed by atoms with Crippen LogP contribution in [0.25, 0.3) is 71.6 Å². The maximum absolute atomic E-state index is 6.68. The number of fused-ring (bicyclic) bond motifs is 12. The lowest BCUT2D eigenvalue weighted by atomic mass is 9.38. The van der Waals surface area contributed by atoms with Crippen LogP contribution in [0.4, 0.5) is 0 Å². The first kappa shape index (κ1) is 29.5. The average Bonchev–Trinajstić information content (AvgIpc) is 4.07. The minimum absolute atomic E-state index is 0.331. The van der Waals surface area contributed by atoms with Crippen LogP contribution >= 0.6 is 0 Å². The molecule has 0 radical (unpaired) electrons. The quantitative estimate of drug-likeness (QED) is 0.180. The minimum Gasteiger partial charge on any atom is -0.454 e. The first-order valence-corrected chi connectivity index (χ1v) is 22.6. The van der Waals surface area contributed by atoms with E-state index in [1.807, 2.05) is 0 Å². The lowest BCUT2D eigenvalue weighted by Gasteiger charge is -2.66. The van der Waals surface area contributed by atoms with Crippen molar-refractivity contribution in [1.82, 2.24) is 9.55 Å². The van der Waals surface area contributed by atoms with E-state index in [4.69, 9.17) is 4.42 Å². The number of benzene rings is 5. The predicted molar refractivity (Wildman–Crippen MR) is 232 cm³/mol. The molecule has 5 bridgehead atoms. The molecule has 7 atom stereocenters. The Hall–Kier alpha value is -4.70. The van der Waals surface area contributed by atoms with Crippen molar-refractivity contribution in [2.75, 3.05) is 0 Å². The first-order valence-electron chi connectivity index (χ1n) is 22.6. The van der Waals surface area contributed by atoms with Gasteiger partial charge in [0.25, 0.3) is 0 Å². The smallest absolute Gasteiger partial charge is 0.198 e. The van der Waals surface area contributed by atoms with Crippen molar-refractivity contribution in [3.05, 3.63) is 102 Å². The Labute approximate surface area is 332 Å². The van der Waals surface area contributed by atoms with Crippen LogP contribution in [0.5, 0.6) is 0 Å². The number of rotatable bonds is 3. The number of nitrogens with one attached hydrogen (secondary N) is 1. The minimum atomic E-state index is 0.331. The van der Waals surface area contributed by atoms with E-state index in [0.29, 0.717) is 21.7 Å². The highest BCUT2D eigenvalue weighted by molar-refractivity contribution is 6.73. The maximum Gasteiger partial charge on any atom is 0.198 e. The van der Waals surface area contributed by atoms with Crippen LogP contribution in [-0.2, 0) is 10.8 Å². The lowest BCUT2D eigenvalue weighted by molar-refractivity contribution is -0.175. The number of aromatic amines is 1. The molecule has 1 aliphatic heterocycles. The lowest BCUT2D eigenvalue weighted by Crippen LogP contribution is -2.59. The average molecular weight is 737 g/mol. The van der Waals surface area contributed by atoms with E-state index in [1.54, 1.807) is 17.5 Å². The van der Waals surface area contributed by atoms with Crippen molar-refractivity contribution in [1.29, 1.82) is 0 Å². The maximum atomic E-state index is 6.68. The van der Waals surface area contributed by atoms with Gasteiger partial charge in [-0.15, -0.1) is 0 Å². The van der Waals surface area contributed by atoms with Gasteiger partial charge in [0.05, 0.1) is 11.0 Å². The van der Waals surface area contributed by atoms with E-state index < -0.39 is 0 Å². The van der Waals surface area contributed by atoms with E-state index in [9.17, 15) is 0 Å². The monoisotopic (exact) mass is 736 g/mol. The first-order chi connectivity index (χ1) is 27.9. The zero-order valence-electron chi connectivity index (χ0n) is 32.7. The molecular weight excluding hydrogens is 691 g/mol. The number of hydrogen-bond acceptors (Lipinski definition) is 1. The van der Waals surface area contributed by atoms with E-state index in [-0.39, 0.29) is 0 Å². The van der Waals surface area contributed by atoms with Crippen LogP contribution < -0.4 is 10.9 Å². The molecule has 7 unspecified atom stereocenters. The highest BCUT2D eigenvalue weighted by Gasteiger charge is 2.78. The highest BCUT2D eigenvalue weighted by atomic mass is 16.3. The third-order valence-corrected chi connectivity index (χ3v) is 20.2. The molecule has 57 heavy (non-hydrogen) atoms. The summed E-state index contributed by atoms with van der Waals surface area (Å²) in [5, 5.41) is 5.39. The van der Waals surface area contributed by atoms with Gasteiger partial charge in [-0.25, -0.2) is 0 Å². The van der Waals surface area contributed by atoms with Crippen molar-refractivity contribution >= 4 is 73.0 Å². The molecule has 3 aromatic heterocycles. The summed E-state index contributed by atoms with van der Waals surface area (Å²) in [4.78, 5) is 4.14. The number of aryl methyl sites for hydroxylation is 1. The van der Waals surface area contributed by atoms with Crippen molar-refractivity contribution in [2.24, 2.45) is 46.3 Å². The molecule has 9 saturated carbocycles. The van der Waals surface area contributed by atoms with Crippen LogP contribution in [0.1, 0.15) is 80.9 Å². The van der Waals surface area contributed by atoms with Crippen LogP contribution in [0.15, 0.2) is 89.3 Å². The van der Waals surface area contributed by atoms with Crippen molar-refractivity contribution < 1.29 is 4.42 Å². The van der Waals surface area contributed by atoms with Gasteiger partial charge in [-0.05, 0) is 205 Å². The number of para-hydroxylation sites is 2. The second-order valence-electron chi connectivity index (χ2n) is 21.9. The van der Waals surface area contributed by atoms with Gasteiger partial charge in [-0.1, -0.05) is 41.9 Å². The third kappa shape index (κ3) is 2.99. The van der Waals surface area contributed by atoms with E-state index in [2.05, 4.69) is 101 Å². The summed E-state index contributed by atoms with van der Waals surface area (Å²) in [5.74, 6) is 6.01. The molecule has 18 rings (SSSR count). The molecule has 8 aromatic rings. The fourth-order valence-corrected chi connectivity index (χ4v) is 18.3. The number of H-pyrrole nitrogens is 1. The summed E-state index contributed by atoms with van der Waals surface area (Å²) in [6.07, 6.45) is 14.7. The molecule has 4 heterocycles. The van der Waals surface area contributed by atoms with Gasteiger partial charge in [-0.2, -0.15) is 0 Å². The van der Waals surface area contributed by atoms with Crippen molar-refractivity contribution in [3.8, 4) is 16.8 Å². The summed E-state index contributed by atoms with van der Waals surface area (Å²) in [6, 6.07) is 33.7. The van der Waals surface area contributed by atoms with Gasteiger partial charge in [0.15, 0.2) is 12.9 Å². The van der Waals surface area contributed by atoms with Gasteiger partial charge < -0.3 is 14.0 Å². The Morgan fingerprint density at radius 2 is 1.53 bits per heavy atom. The van der Waals surface area contributed by atoms with E-state index >= 15 is 0 Å². The molecule has 2 spiro atoms. The van der Waals surface area contributed by atoms with Gasteiger partial charge in [0.1, 0.15) is 11.1 Å². The Kier molecular flexibility index (Phi) is 4.57. The molecule has 9 fully saturated rings. The molecule has 0 saturated heterocycles.